The number of carbonyl (C=O) groups is 2. The van der Waals surface area contributed by atoms with Crippen LogP contribution in [0.5, 0.6) is 5.75 Å². The number of nitrogens with zero attached hydrogens (tertiary/aromatic N) is 2. The number of ketones is 1. The molecule has 1 atom stereocenters. The number of ether oxygens (including phenoxy) is 1. The first kappa shape index (κ1) is 26.2. The molecule has 6 nitrogen and oxygen atoms in total. The fourth-order valence-electron chi connectivity index (χ4n) is 4.56. The Kier molecular flexibility index (Phi) is 8.09. The molecule has 6 heteroatoms. The first-order valence-electron chi connectivity index (χ1n) is 12.5. The van der Waals surface area contributed by atoms with Gasteiger partial charge >= 0.3 is 0 Å². The summed E-state index contributed by atoms with van der Waals surface area (Å²) >= 11 is 0. The number of hydrogen-bond donors (Lipinski definition) is 1. The van der Waals surface area contributed by atoms with Crippen LogP contribution in [0.15, 0.2) is 78.4 Å². The molecule has 0 radical (unpaired) electrons. The van der Waals surface area contributed by atoms with Crippen molar-refractivity contribution < 1.29 is 19.4 Å². The zero-order valence-electron chi connectivity index (χ0n) is 21.9. The second-order valence-corrected chi connectivity index (χ2v) is 9.80. The van der Waals surface area contributed by atoms with E-state index < -0.39 is 17.7 Å². The molecule has 37 heavy (non-hydrogen) atoms. The Morgan fingerprint density at radius 3 is 2.27 bits per heavy atom. The van der Waals surface area contributed by atoms with Crippen molar-refractivity contribution in [3.63, 3.8) is 0 Å². The standard InChI is InChI=1S/C31H34N2O4/c1-21-10-12-23(13-11-21)28-27(30(35)31(36)33(28)19-7-18-32(3)4)29(34)24-14-16-26(17-15-24)37-20-25-9-6-5-8-22(25)2/h5-6,8-17,28,34H,7,18-20H2,1-4H3/b29-27+. The molecule has 3 aromatic carbocycles. The van der Waals surface area contributed by atoms with Crippen LogP contribution in [0.25, 0.3) is 5.76 Å². The summed E-state index contributed by atoms with van der Waals surface area (Å²) < 4.78 is 5.92. The lowest BCUT2D eigenvalue weighted by Crippen LogP contribution is -2.32. The molecule has 1 N–H and O–H groups in total. The largest absolute Gasteiger partial charge is 0.507 e. The maximum Gasteiger partial charge on any atom is 0.295 e. The normalized spacial score (nSPS) is 17.0. The number of hydrogen-bond acceptors (Lipinski definition) is 5. The van der Waals surface area contributed by atoms with Crippen LogP contribution in [0.2, 0.25) is 0 Å². The molecule has 0 bridgehead atoms. The lowest BCUT2D eigenvalue weighted by molar-refractivity contribution is -0.139. The van der Waals surface area contributed by atoms with Gasteiger partial charge in [0.25, 0.3) is 11.7 Å². The molecule has 1 heterocycles. The highest BCUT2D eigenvalue weighted by atomic mass is 16.5. The summed E-state index contributed by atoms with van der Waals surface area (Å²) in [7, 11) is 3.94. The smallest absolute Gasteiger partial charge is 0.295 e. The highest BCUT2D eigenvalue weighted by Gasteiger charge is 2.45. The number of benzene rings is 3. The maximum absolute atomic E-state index is 13.2. The lowest BCUT2D eigenvalue weighted by Gasteiger charge is -2.26. The summed E-state index contributed by atoms with van der Waals surface area (Å²) in [4.78, 5) is 29.9. The second-order valence-electron chi connectivity index (χ2n) is 9.80. The van der Waals surface area contributed by atoms with Crippen LogP contribution in [0.1, 0.15) is 40.3 Å². The molecule has 0 saturated carbocycles. The van der Waals surface area contributed by atoms with E-state index in [9.17, 15) is 14.7 Å². The minimum absolute atomic E-state index is 0.118. The van der Waals surface area contributed by atoms with Crippen LogP contribution < -0.4 is 4.74 Å². The van der Waals surface area contributed by atoms with Crippen molar-refractivity contribution in [2.75, 3.05) is 27.2 Å². The topological polar surface area (TPSA) is 70.1 Å². The number of amides is 1. The molecule has 1 aliphatic rings. The van der Waals surface area contributed by atoms with Crippen LogP contribution in [-0.2, 0) is 16.2 Å². The molecular weight excluding hydrogens is 464 g/mol. The third-order valence-corrected chi connectivity index (χ3v) is 6.72. The van der Waals surface area contributed by atoms with Gasteiger partial charge in [-0.25, -0.2) is 0 Å². The number of aryl methyl sites for hydroxylation is 2. The number of rotatable bonds is 9. The zero-order valence-corrected chi connectivity index (χ0v) is 21.9. The highest BCUT2D eigenvalue weighted by Crippen LogP contribution is 2.39. The van der Waals surface area contributed by atoms with Crippen LogP contribution in [0.3, 0.4) is 0 Å². The minimum atomic E-state index is -0.659. The minimum Gasteiger partial charge on any atom is -0.507 e. The lowest BCUT2D eigenvalue weighted by atomic mass is 9.94. The molecule has 1 unspecified atom stereocenters. The van der Waals surface area contributed by atoms with Gasteiger partial charge in [-0.05, 0) is 81.9 Å². The van der Waals surface area contributed by atoms with Gasteiger partial charge < -0.3 is 19.6 Å². The molecule has 0 spiro atoms. The molecule has 192 valence electrons. The summed E-state index contributed by atoms with van der Waals surface area (Å²) in [6, 6.07) is 22.1. The molecule has 4 rings (SSSR count). The Morgan fingerprint density at radius 2 is 1.62 bits per heavy atom. The summed E-state index contributed by atoms with van der Waals surface area (Å²) in [6.07, 6.45) is 0.718. The van der Waals surface area contributed by atoms with Gasteiger partial charge in [-0.2, -0.15) is 0 Å². The van der Waals surface area contributed by atoms with Gasteiger partial charge in [0.15, 0.2) is 0 Å². The van der Waals surface area contributed by atoms with Crippen LogP contribution in [0, 0.1) is 13.8 Å². The van der Waals surface area contributed by atoms with Crippen molar-refractivity contribution >= 4 is 17.4 Å². The summed E-state index contributed by atoms with van der Waals surface area (Å²) in [5.74, 6) is -0.764. The van der Waals surface area contributed by atoms with Gasteiger partial charge in [0, 0.05) is 12.1 Å². The van der Waals surface area contributed by atoms with Gasteiger partial charge in [0.1, 0.15) is 18.1 Å². The van der Waals surface area contributed by atoms with Gasteiger partial charge in [-0.1, -0.05) is 54.1 Å². The molecular formula is C31H34N2O4. The van der Waals surface area contributed by atoms with Gasteiger partial charge in [0.05, 0.1) is 11.6 Å². The molecule has 0 aliphatic carbocycles. The monoisotopic (exact) mass is 498 g/mol. The summed E-state index contributed by atoms with van der Waals surface area (Å²) in [5.41, 5.74) is 4.72. The van der Waals surface area contributed by atoms with E-state index in [0.29, 0.717) is 24.5 Å². The second kappa shape index (κ2) is 11.4. The number of aliphatic hydroxyl groups excluding tert-OH is 1. The van der Waals surface area contributed by atoms with Gasteiger partial charge in [0.2, 0.25) is 0 Å². The van der Waals surface area contributed by atoms with E-state index in [0.717, 1.165) is 35.2 Å². The van der Waals surface area contributed by atoms with E-state index in [2.05, 4.69) is 0 Å². The molecule has 0 aromatic heterocycles. The van der Waals surface area contributed by atoms with E-state index >= 15 is 0 Å². The van der Waals surface area contributed by atoms with E-state index in [1.165, 1.54) is 0 Å². The van der Waals surface area contributed by atoms with Crippen molar-refractivity contribution in [2.24, 2.45) is 0 Å². The van der Waals surface area contributed by atoms with Crippen LogP contribution in [-0.4, -0.2) is 53.8 Å². The Hall–Kier alpha value is -3.90. The predicted octanol–water partition coefficient (Wildman–Crippen LogP) is 5.26. The molecule has 1 fully saturated rings. The average Bonchev–Trinajstić information content (AvgIpc) is 3.13. The van der Waals surface area contributed by atoms with Crippen LogP contribution >= 0.6 is 0 Å². The summed E-state index contributed by atoms with van der Waals surface area (Å²) in [5, 5.41) is 11.3. The van der Waals surface area contributed by atoms with E-state index in [-0.39, 0.29) is 11.3 Å². The van der Waals surface area contributed by atoms with Gasteiger partial charge in [-0.3, -0.25) is 9.59 Å². The van der Waals surface area contributed by atoms with Crippen molar-refractivity contribution in [2.45, 2.75) is 32.9 Å². The summed E-state index contributed by atoms with van der Waals surface area (Å²) in [6.45, 7) is 5.67. The Labute approximate surface area is 218 Å². The third kappa shape index (κ3) is 5.92. The SMILES string of the molecule is Cc1ccc(C2/C(=C(\O)c3ccc(OCc4ccccc4C)cc3)C(=O)C(=O)N2CCCN(C)C)cc1. The quantitative estimate of drug-likeness (QED) is 0.248. The Morgan fingerprint density at radius 1 is 0.946 bits per heavy atom. The third-order valence-electron chi connectivity index (χ3n) is 6.72. The van der Waals surface area contributed by atoms with E-state index in [1.807, 2.05) is 81.4 Å². The molecule has 1 aliphatic heterocycles. The molecule has 3 aromatic rings. The Bertz CT molecular complexity index is 1290. The molecule has 1 saturated heterocycles. The predicted molar refractivity (Wildman–Crippen MR) is 145 cm³/mol. The van der Waals surface area contributed by atoms with Gasteiger partial charge in [-0.15, -0.1) is 0 Å². The van der Waals surface area contributed by atoms with Crippen molar-refractivity contribution in [1.29, 1.82) is 0 Å². The fraction of sp³-hybridized carbons (Fsp3) is 0.290. The van der Waals surface area contributed by atoms with E-state index in [1.54, 1.807) is 29.2 Å². The number of aliphatic hydroxyl groups is 1. The highest BCUT2D eigenvalue weighted by molar-refractivity contribution is 6.46. The number of likely N-dealkylation sites (tertiary alicyclic amines) is 1. The number of carbonyl (C=O) groups excluding carboxylic acids is 2. The van der Waals surface area contributed by atoms with Crippen LogP contribution in [0.4, 0.5) is 0 Å². The maximum atomic E-state index is 13.2. The zero-order chi connectivity index (χ0) is 26.5. The fourth-order valence-corrected chi connectivity index (χ4v) is 4.56. The Balaban J connectivity index is 1.63. The average molecular weight is 499 g/mol. The van der Waals surface area contributed by atoms with Crippen molar-refractivity contribution in [1.82, 2.24) is 9.80 Å². The molecule has 1 amide bonds. The van der Waals surface area contributed by atoms with Crippen molar-refractivity contribution in [3.05, 3.63) is 106 Å². The van der Waals surface area contributed by atoms with E-state index in [4.69, 9.17) is 4.74 Å². The first-order chi connectivity index (χ1) is 17.8. The first-order valence-corrected chi connectivity index (χ1v) is 12.5. The number of Topliss-reactive ketones (excluding diaryl/α,β-unsaturated/α-hetero) is 1. The van der Waals surface area contributed by atoms with Crippen molar-refractivity contribution in [3.8, 4) is 5.75 Å².